The highest BCUT2D eigenvalue weighted by Gasteiger charge is 2.33. The summed E-state index contributed by atoms with van der Waals surface area (Å²) in [6.07, 6.45) is -2.32. The summed E-state index contributed by atoms with van der Waals surface area (Å²) in [5, 5.41) is 3.21. The van der Waals surface area contributed by atoms with Crippen molar-refractivity contribution in [2.24, 2.45) is 0 Å². The molecule has 0 aromatic carbocycles. The quantitative estimate of drug-likeness (QED) is 0.670. The van der Waals surface area contributed by atoms with Crippen LogP contribution in [-0.2, 0) is 0 Å². The van der Waals surface area contributed by atoms with Crippen molar-refractivity contribution in [1.82, 2.24) is 10.2 Å². The molecule has 17 heavy (non-hydrogen) atoms. The molecular weight excluding hydrogens is 229 g/mol. The summed E-state index contributed by atoms with van der Waals surface area (Å²) >= 11 is 0. The highest BCUT2D eigenvalue weighted by molar-refractivity contribution is 4.74. The maximum atomic E-state index is 12.4. The van der Waals surface area contributed by atoms with Crippen molar-refractivity contribution in [2.75, 3.05) is 19.6 Å². The molecule has 0 spiro atoms. The average molecular weight is 254 g/mol. The van der Waals surface area contributed by atoms with Crippen LogP contribution in [0.1, 0.15) is 40.5 Å². The first-order valence-electron chi connectivity index (χ1n) is 6.31. The number of rotatable bonds is 8. The van der Waals surface area contributed by atoms with Gasteiger partial charge >= 0.3 is 6.18 Å². The summed E-state index contributed by atoms with van der Waals surface area (Å²) in [4.78, 5) is 1.51. The van der Waals surface area contributed by atoms with E-state index in [4.69, 9.17) is 0 Å². The minimum Gasteiger partial charge on any atom is -0.317 e. The van der Waals surface area contributed by atoms with Crippen molar-refractivity contribution in [3.05, 3.63) is 0 Å². The molecule has 0 bridgehead atoms. The molecule has 0 radical (unpaired) electrons. The summed E-state index contributed by atoms with van der Waals surface area (Å²) in [5.41, 5.74) is 0. The largest absolute Gasteiger partial charge is 0.401 e. The van der Waals surface area contributed by atoms with E-state index in [0.717, 1.165) is 25.9 Å². The van der Waals surface area contributed by atoms with E-state index in [1.807, 2.05) is 20.8 Å². The van der Waals surface area contributed by atoms with E-state index < -0.39 is 12.7 Å². The summed E-state index contributed by atoms with van der Waals surface area (Å²) in [5.74, 6) is 0. The number of hydrogen-bond acceptors (Lipinski definition) is 2. The molecule has 1 N–H and O–H groups in total. The lowest BCUT2D eigenvalue weighted by Gasteiger charge is -2.33. The van der Waals surface area contributed by atoms with E-state index in [1.54, 1.807) is 0 Å². The van der Waals surface area contributed by atoms with Gasteiger partial charge in [-0.05, 0) is 46.7 Å². The van der Waals surface area contributed by atoms with Crippen LogP contribution in [0.25, 0.3) is 0 Å². The van der Waals surface area contributed by atoms with Crippen molar-refractivity contribution in [3.8, 4) is 0 Å². The van der Waals surface area contributed by atoms with Crippen LogP contribution in [0, 0.1) is 0 Å². The van der Waals surface area contributed by atoms with Crippen LogP contribution in [0.4, 0.5) is 13.2 Å². The molecule has 0 heterocycles. The lowest BCUT2D eigenvalue weighted by Crippen LogP contribution is -2.45. The summed E-state index contributed by atoms with van der Waals surface area (Å²) < 4.78 is 37.2. The smallest absolute Gasteiger partial charge is 0.317 e. The topological polar surface area (TPSA) is 15.3 Å². The Labute approximate surface area is 103 Å². The van der Waals surface area contributed by atoms with Gasteiger partial charge in [-0.15, -0.1) is 0 Å². The molecule has 2 nitrogen and oxygen atoms in total. The van der Waals surface area contributed by atoms with Gasteiger partial charge in [0, 0.05) is 12.1 Å². The molecule has 0 aromatic rings. The zero-order valence-electron chi connectivity index (χ0n) is 11.3. The van der Waals surface area contributed by atoms with Gasteiger partial charge in [0.2, 0.25) is 0 Å². The van der Waals surface area contributed by atoms with Crippen molar-refractivity contribution < 1.29 is 13.2 Å². The molecule has 1 atom stereocenters. The Bertz CT molecular complexity index is 193. The summed E-state index contributed by atoms with van der Waals surface area (Å²) in [7, 11) is 0. The second-order valence-electron chi connectivity index (χ2n) is 4.77. The lowest BCUT2D eigenvalue weighted by molar-refractivity contribution is -0.154. The van der Waals surface area contributed by atoms with Crippen LogP contribution in [0.2, 0.25) is 0 Å². The minimum absolute atomic E-state index is 0.0546. The Morgan fingerprint density at radius 1 is 1.12 bits per heavy atom. The zero-order chi connectivity index (χ0) is 13.5. The van der Waals surface area contributed by atoms with Crippen LogP contribution in [0.15, 0.2) is 0 Å². The van der Waals surface area contributed by atoms with Crippen molar-refractivity contribution in [1.29, 1.82) is 0 Å². The van der Waals surface area contributed by atoms with Gasteiger partial charge < -0.3 is 5.32 Å². The second-order valence-corrected chi connectivity index (χ2v) is 4.77. The zero-order valence-corrected chi connectivity index (χ0v) is 11.3. The standard InChI is InChI=1S/C12H25F3N2/c1-5-7-16-8-6-11(4)17(10(2)3)9-12(13,14)15/h10-11,16H,5-9H2,1-4H3. The maximum absolute atomic E-state index is 12.4. The molecule has 0 saturated heterocycles. The van der Waals surface area contributed by atoms with Crippen molar-refractivity contribution in [2.45, 2.75) is 58.8 Å². The SMILES string of the molecule is CCCNCCC(C)N(CC(F)(F)F)C(C)C. The van der Waals surface area contributed by atoms with E-state index in [9.17, 15) is 13.2 Å². The number of nitrogens with one attached hydrogen (secondary N) is 1. The van der Waals surface area contributed by atoms with Crippen molar-refractivity contribution in [3.63, 3.8) is 0 Å². The average Bonchev–Trinajstić information content (AvgIpc) is 2.19. The molecule has 0 aromatic heterocycles. The van der Waals surface area contributed by atoms with E-state index >= 15 is 0 Å². The lowest BCUT2D eigenvalue weighted by atomic mass is 10.1. The van der Waals surface area contributed by atoms with Crippen LogP contribution >= 0.6 is 0 Å². The Balaban J connectivity index is 4.11. The fraction of sp³-hybridized carbons (Fsp3) is 1.00. The van der Waals surface area contributed by atoms with Gasteiger partial charge in [-0.3, -0.25) is 4.90 Å². The third-order valence-corrected chi connectivity index (χ3v) is 2.76. The first-order valence-corrected chi connectivity index (χ1v) is 6.31. The molecule has 0 aliphatic rings. The second kappa shape index (κ2) is 7.93. The molecule has 0 aliphatic carbocycles. The Kier molecular flexibility index (Phi) is 7.79. The molecule has 0 aliphatic heterocycles. The van der Waals surface area contributed by atoms with Gasteiger partial charge in [-0.1, -0.05) is 6.92 Å². The van der Waals surface area contributed by atoms with Gasteiger partial charge in [-0.25, -0.2) is 0 Å². The van der Waals surface area contributed by atoms with Gasteiger partial charge in [0.25, 0.3) is 0 Å². The Hall–Kier alpha value is -0.290. The first kappa shape index (κ1) is 16.7. The number of hydrogen-bond donors (Lipinski definition) is 1. The van der Waals surface area contributed by atoms with Gasteiger partial charge in [0.05, 0.1) is 6.54 Å². The monoisotopic (exact) mass is 254 g/mol. The molecule has 0 saturated carbocycles. The van der Waals surface area contributed by atoms with E-state index in [-0.39, 0.29) is 12.1 Å². The highest BCUT2D eigenvalue weighted by Crippen LogP contribution is 2.20. The van der Waals surface area contributed by atoms with E-state index in [2.05, 4.69) is 12.2 Å². The third kappa shape index (κ3) is 8.44. The van der Waals surface area contributed by atoms with E-state index in [0.29, 0.717) is 0 Å². The predicted molar refractivity (Wildman–Crippen MR) is 65.1 cm³/mol. The minimum atomic E-state index is -4.12. The van der Waals surface area contributed by atoms with Crippen LogP contribution in [0.3, 0.4) is 0 Å². The fourth-order valence-electron chi connectivity index (χ4n) is 1.83. The predicted octanol–water partition coefficient (Wildman–Crippen LogP) is 3.04. The van der Waals surface area contributed by atoms with Crippen LogP contribution in [0.5, 0.6) is 0 Å². The number of halogens is 3. The van der Waals surface area contributed by atoms with Crippen molar-refractivity contribution >= 4 is 0 Å². The summed E-state index contributed by atoms with van der Waals surface area (Å²) in [6, 6.07) is -0.140. The van der Waals surface area contributed by atoms with Gasteiger partial charge in [-0.2, -0.15) is 13.2 Å². The molecular formula is C12H25F3N2. The van der Waals surface area contributed by atoms with Gasteiger partial charge in [0.15, 0.2) is 0 Å². The molecule has 0 amide bonds. The Morgan fingerprint density at radius 3 is 2.12 bits per heavy atom. The fourth-order valence-corrected chi connectivity index (χ4v) is 1.83. The number of nitrogens with zero attached hydrogens (tertiary/aromatic N) is 1. The third-order valence-electron chi connectivity index (χ3n) is 2.76. The molecule has 1 unspecified atom stereocenters. The molecule has 0 fully saturated rings. The van der Waals surface area contributed by atoms with Gasteiger partial charge in [0.1, 0.15) is 0 Å². The Morgan fingerprint density at radius 2 is 1.71 bits per heavy atom. The summed E-state index contributed by atoms with van der Waals surface area (Å²) in [6.45, 7) is 8.42. The highest BCUT2D eigenvalue weighted by atomic mass is 19.4. The molecule has 104 valence electrons. The molecule has 0 rings (SSSR count). The van der Waals surface area contributed by atoms with E-state index in [1.165, 1.54) is 4.90 Å². The molecule has 5 heteroatoms. The normalized spacial score (nSPS) is 14.6. The van der Waals surface area contributed by atoms with Crippen LogP contribution in [-0.4, -0.2) is 42.8 Å². The van der Waals surface area contributed by atoms with Crippen LogP contribution < -0.4 is 5.32 Å². The maximum Gasteiger partial charge on any atom is 0.401 e. The first-order chi connectivity index (χ1) is 7.78. The number of alkyl halides is 3.